The Balaban J connectivity index is 1.23. The van der Waals surface area contributed by atoms with Gasteiger partial charge in [0.05, 0.1) is 79.3 Å². The molecule has 4 aliphatic rings. The zero-order valence-corrected chi connectivity index (χ0v) is 36.6. The molecule has 4 saturated heterocycles. The first-order chi connectivity index (χ1) is 28.1. The van der Waals surface area contributed by atoms with Crippen LogP contribution in [0.2, 0.25) is 5.02 Å². The maximum absolute atomic E-state index is 14.1. The number of thioether (sulfide) groups is 1. The van der Waals surface area contributed by atoms with Gasteiger partial charge in [-0.25, -0.2) is 0 Å². The minimum atomic E-state index is -1.41. The van der Waals surface area contributed by atoms with Crippen molar-refractivity contribution < 1.29 is 82.2 Å². The van der Waals surface area contributed by atoms with Crippen LogP contribution in [-0.2, 0) is 42.7 Å². The average molecular weight is 885 g/mol. The van der Waals surface area contributed by atoms with Crippen molar-refractivity contribution in [1.29, 1.82) is 0 Å². The van der Waals surface area contributed by atoms with Crippen LogP contribution in [0.15, 0.2) is 0 Å². The number of benzene rings is 1. The SMILES string of the molecule is CCNC1COC(OC2C(OC)OC(C)C(NOC3CC(O)C(SC(=O)c4c(C)c(Cl)c(OC5OC(C)C(O)C(OC)C5O)c(OC)c4OC)C(C)O3)C2O)CC1OC. The molecule has 1 aromatic rings. The van der Waals surface area contributed by atoms with E-state index in [-0.39, 0.29) is 52.0 Å². The Morgan fingerprint density at radius 1 is 0.814 bits per heavy atom. The summed E-state index contributed by atoms with van der Waals surface area (Å²) in [5, 5.41) is 46.2. The fourth-order valence-electron chi connectivity index (χ4n) is 7.83. The molecule has 4 heterocycles. The van der Waals surface area contributed by atoms with E-state index in [0.29, 0.717) is 13.0 Å². The Labute approximate surface area is 353 Å². The number of halogens is 1. The maximum atomic E-state index is 14.1. The van der Waals surface area contributed by atoms with Crippen LogP contribution in [0.3, 0.4) is 0 Å². The summed E-state index contributed by atoms with van der Waals surface area (Å²) in [5.41, 5.74) is 3.20. The quantitative estimate of drug-likeness (QED) is 0.127. The monoisotopic (exact) mass is 884 g/mol. The highest BCUT2D eigenvalue weighted by Crippen LogP contribution is 2.50. The van der Waals surface area contributed by atoms with Gasteiger partial charge < -0.3 is 77.8 Å². The van der Waals surface area contributed by atoms with Gasteiger partial charge in [-0.2, -0.15) is 5.48 Å². The lowest BCUT2D eigenvalue weighted by molar-refractivity contribution is -0.330. The number of hydrogen-bond donors (Lipinski definition) is 6. The number of hydroxylamine groups is 1. The van der Waals surface area contributed by atoms with Crippen molar-refractivity contribution in [2.75, 3.05) is 48.7 Å². The van der Waals surface area contributed by atoms with Gasteiger partial charge in [0.1, 0.15) is 30.5 Å². The number of aliphatic hydroxyl groups excluding tert-OH is 4. The molecule has 21 heteroatoms. The van der Waals surface area contributed by atoms with E-state index in [4.69, 9.17) is 68.5 Å². The molecular weight excluding hydrogens is 824 g/mol. The van der Waals surface area contributed by atoms with E-state index < -0.39 is 96.5 Å². The van der Waals surface area contributed by atoms with Gasteiger partial charge in [0, 0.05) is 34.2 Å². The van der Waals surface area contributed by atoms with Crippen LogP contribution in [-0.4, -0.2) is 178 Å². The second-order valence-corrected chi connectivity index (χ2v) is 16.4. The third kappa shape index (κ3) is 10.6. The average Bonchev–Trinajstić information content (AvgIpc) is 3.21. The topological polar surface area (TPSA) is 233 Å². The number of nitrogens with one attached hydrogen (secondary N) is 2. The molecule has 0 spiro atoms. The molecule has 0 saturated carbocycles. The van der Waals surface area contributed by atoms with Crippen LogP contribution < -0.4 is 25.0 Å². The molecule has 0 amide bonds. The number of methoxy groups -OCH3 is 5. The third-order valence-electron chi connectivity index (χ3n) is 11.1. The van der Waals surface area contributed by atoms with Crippen molar-refractivity contribution in [2.24, 2.45) is 0 Å². The van der Waals surface area contributed by atoms with E-state index in [1.165, 1.54) is 28.4 Å². The summed E-state index contributed by atoms with van der Waals surface area (Å²) in [6.07, 6.45) is -12.5. The van der Waals surface area contributed by atoms with E-state index in [9.17, 15) is 25.2 Å². The standard InChI is InChI=1S/C38H61ClN2O17S/c1-11-40-19-14-52-22(13-21(19)47-6)56-33-28(44)26(16(3)54-38(33)51-10)41-58-23-12-20(42)35(18(5)53-23)59-36(46)24-15(2)25(39)31(34(50-9)30(24)48-7)57-37-29(45)32(49-8)27(43)17(4)55-37/h16-23,26-29,32-33,35,37-38,40-45H,11-14H2,1-10H3. The Bertz CT molecular complexity index is 1520. The highest BCUT2D eigenvalue weighted by molar-refractivity contribution is 8.14. The zero-order valence-electron chi connectivity index (χ0n) is 35.0. The zero-order chi connectivity index (χ0) is 43.3. The molecule has 0 bridgehead atoms. The van der Waals surface area contributed by atoms with Crippen molar-refractivity contribution in [2.45, 2.75) is 151 Å². The van der Waals surface area contributed by atoms with Gasteiger partial charge in [-0.05, 0) is 39.8 Å². The minimum Gasteiger partial charge on any atom is -0.492 e. The van der Waals surface area contributed by atoms with E-state index in [2.05, 4.69) is 10.8 Å². The smallest absolute Gasteiger partial charge is 0.229 e. The summed E-state index contributed by atoms with van der Waals surface area (Å²) in [7, 11) is 7.11. The highest BCUT2D eigenvalue weighted by Gasteiger charge is 2.49. The van der Waals surface area contributed by atoms with E-state index in [1.807, 2.05) is 6.92 Å². The molecule has 0 aliphatic carbocycles. The fraction of sp³-hybridized carbons (Fsp3) is 0.816. The molecule has 59 heavy (non-hydrogen) atoms. The predicted octanol–water partition coefficient (Wildman–Crippen LogP) is 1.03. The number of ether oxygens (including phenoxy) is 11. The highest BCUT2D eigenvalue weighted by atomic mass is 35.5. The lowest BCUT2D eigenvalue weighted by Gasteiger charge is -2.45. The lowest BCUT2D eigenvalue weighted by atomic mass is 9.97. The third-order valence-corrected chi connectivity index (χ3v) is 13.0. The molecule has 4 fully saturated rings. The Morgan fingerprint density at radius 2 is 1.51 bits per heavy atom. The number of aliphatic hydroxyl groups is 4. The normalized spacial score (nSPS) is 39.1. The van der Waals surface area contributed by atoms with Crippen LogP contribution >= 0.6 is 23.4 Å². The molecule has 19 nitrogen and oxygen atoms in total. The fourth-order valence-corrected chi connectivity index (χ4v) is 9.19. The summed E-state index contributed by atoms with van der Waals surface area (Å²) in [5.74, 6) is -0.105. The summed E-state index contributed by atoms with van der Waals surface area (Å²) in [6.45, 7) is 9.74. The van der Waals surface area contributed by atoms with Crippen molar-refractivity contribution >= 4 is 28.5 Å². The Hall–Kier alpha value is -1.67. The molecule has 338 valence electrons. The van der Waals surface area contributed by atoms with Crippen LogP contribution in [0.1, 0.15) is 56.5 Å². The van der Waals surface area contributed by atoms with Crippen LogP contribution in [0.25, 0.3) is 0 Å². The van der Waals surface area contributed by atoms with Crippen molar-refractivity contribution in [3.05, 3.63) is 16.1 Å². The maximum Gasteiger partial charge on any atom is 0.229 e. The minimum absolute atomic E-state index is 0.000473. The summed E-state index contributed by atoms with van der Waals surface area (Å²) in [4.78, 5) is 20.0. The van der Waals surface area contributed by atoms with Crippen molar-refractivity contribution in [3.63, 3.8) is 0 Å². The molecule has 17 atom stereocenters. The number of likely N-dealkylation sites (N-methyl/N-ethyl adjacent to an activating group) is 1. The van der Waals surface area contributed by atoms with Gasteiger partial charge in [-0.1, -0.05) is 30.3 Å². The van der Waals surface area contributed by atoms with Crippen LogP contribution in [0.5, 0.6) is 17.2 Å². The summed E-state index contributed by atoms with van der Waals surface area (Å²) in [6, 6.07) is -0.812. The Morgan fingerprint density at radius 3 is 2.12 bits per heavy atom. The summed E-state index contributed by atoms with van der Waals surface area (Å²) >= 11 is 7.64. The van der Waals surface area contributed by atoms with Gasteiger partial charge in [-0.3, -0.25) is 9.63 Å². The van der Waals surface area contributed by atoms with E-state index in [0.717, 1.165) is 18.3 Å². The van der Waals surface area contributed by atoms with Gasteiger partial charge in [0.2, 0.25) is 17.2 Å². The predicted molar refractivity (Wildman–Crippen MR) is 211 cm³/mol. The molecule has 4 aliphatic heterocycles. The molecule has 0 radical (unpaired) electrons. The molecular formula is C38H61ClN2O17S. The summed E-state index contributed by atoms with van der Waals surface area (Å²) < 4.78 is 63.8. The second kappa shape index (κ2) is 21.6. The lowest BCUT2D eigenvalue weighted by Crippen LogP contribution is -2.64. The molecule has 1 aromatic carbocycles. The molecule has 6 N–H and O–H groups in total. The first kappa shape index (κ1) is 48.4. The first-order valence-corrected chi connectivity index (χ1v) is 20.9. The number of carbonyl (C=O) groups is 1. The van der Waals surface area contributed by atoms with E-state index >= 15 is 0 Å². The Kier molecular flexibility index (Phi) is 17.7. The van der Waals surface area contributed by atoms with Gasteiger partial charge in [-0.15, -0.1) is 0 Å². The van der Waals surface area contributed by atoms with Gasteiger partial charge in [0.25, 0.3) is 0 Å². The molecule has 17 unspecified atom stereocenters. The van der Waals surface area contributed by atoms with Crippen molar-refractivity contribution in [3.8, 4) is 17.2 Å². The molecule has 5 rings (SSSR count). The number of hydrogen-bond acceptors (Lipinski definition) is 20. The van der Waals surface area contributed by atoms with Gasteiger partial charge in [0.15, 0.2) is 30.4 Å². The second-order valence-electron chi connectivity index (χ2n) is 14.9. The molecule has 0 aromatic heterocycles. The first-order valence-electron chi connectivity index (χ1n) is 19.6. The number of rotatable bonds is 16. The number of carbonyl (C=O) groups excluding carboxylic acids is 1. The van der Waals surface area contributed by atoms with Crippen LogP contribution in [0, 0.1) is 6.92 Å². The largest absolute Gasteiger partial charge is 0.492 e. The van der Waals surface area contributed by atoms with Gasteiger partial charge >= 0.3 is 0 Å². The van der Waals surface area contributed by atoms with Crippen molar-refractivity contribution in [1.82, 2.24) is 10.8 Å². The van der Waals surface area contributed by atoms with Crippen LogP contribution in [0.4, 0.5) is 0 Å². The van der Waals surface area contributed by atoms with E-state index in [1.54, 1.807) is 34.8 Å².